The van der Waals surface area contributed by atoms with Crippen LogP contribution in [0, 0.1) is 11.8 Å². The first-order valence-electron chi connectivity index (χ1n) is 5.79. The first kappa shape index (κ1) is 15.9. The van der Waals surface area contributed by atoms with Crippen molar-refractivity contribution in [2.75, 3.05) is 23.6 Å². The molecule has 3 N–H and O–H groups in total. The van der Waals surface area contributed by atoms with Crippen LogP contribution in [-0.2, 0) is 19.6 Å². The Morgan fingerprint density at radius 2 is 2.25 bits per heavy atom. The van der Waals surface area contributed by atoms with Crippen molar-refractivity contribution in [3.8, 4) is 11.8 Å². The van der Waals surface area contributed by atoms with E-state index in [9.17, 15) is 13.2 Å². The number of anilines is 1. The summed E-state index contributed by atoms with van der Waals surface area (Å²) < 4.78 is 30.2. The second kappa shape index (κ2) is 7.47. The smallest absolute Gasteiger partial charge is 0.323 e. The summed E-state index contributed by atoms with van der Waals surface area (Å²) >= 11 is 0. The summed E-state index contributed by atoms with van der Waals surface area (Å²) in [5, 5.41) is 0. The van der Waals surface area contributed by atoms with Crippen LogP contribution in [0.25, 0.3) is 0 Å². The van der Waals surface area contributed by atoms with Gasteiger partial charge in [0.1, 0.15) is 11.5 Å². The first-order valence-corrected chi connectivity index (χ1v) is 7.44. The van der Waals surface area contributed by atoms with Gasteiger partial charge in [0.05, 0.1) is 13.2 Å². The molecule has 0 amide bonds. The number of nitrogens with two attached hydrogens (primary N) is 1. The van der Waals surface area contributed by atoms with E-state index in [2.05, 4.69) is 26.3 Å². The molecule has 8 heteroatoms. The molecular weight excluding hydrogens is 282 g/mol. The van der Waals surface area contributed by atoms with Crippen LogP contribution in [0.1, 0.15) is 12.6 Å². The predicted octanol–water partition coefficient (Wildman–Crippen LogP) is -0.303. The number of carbonyl (C=O) groups is 1. The van der Waals surface area contributed by atoms with Gasteiger partial charge in [0.15, 0.2) is 5.75 Å². The fourth-order valence-corrected chi connectivity index (χ4v) is 2.15. The van der Waals surface area contributed by atoms with E-state index in [0.29, 0.717) is 5.69 Å². The van der Waals surface area contributed by atoms with Gasteiger partial charge in [0.25, 0.3) is 0 Å². The molecule has 0 aliphatic rings. The Bertz CT molecular complexity index is 632. The van der Waals surface area contributed by atoms with E-state index in [1.807, 2.05) is 0 Å². The Morgan fingerprint density at radius 1 is 1.50 bits per heavy atom. The van der Waals surface area contributed by atoms with Gasteiger partial charge < -0.3 is 10.5 Å². The van der Waals surface area contributed by atoms with Crippen molar-refractivity contribution in [1.29, 1.82) is 0 Å². The summed E-state index contributed by atoms with van der Waals surface area (Å²) in [5.41, 5.74) is 5.62. The highest BCUT2D eigenvalue weighted by molar-refractivity contribution is 7.93. The van der Waals surface area contributed by atoms with Crippen LogP contribution in [0.4, 0.5) is 5.82 Å². The lowest BCUT2D eigenvalue weighted by Crippen LogP contribution is -2.24. The van der Waals surface area contributed by atoms with Crippen molar-refractivity contribution in [2.24, 2.45) is 5.73 Å². The molecule has 0 saturated carbocycles. The van der Waals surface area contributed by atoms with Crippen LogP contribution in [0.5, 0.6) is 0 Å². The Morgan fingerprint density at radius 3 is 2.90 bits per heavy atom. The number of carbonyl (C=O) groups excluding carboxylic acids is 1. The molecule has 0 fully saturated rings. The third-order valence-electron chi connectivity index (χ3n) is 1.94. The Balaban J connectivity index is 2.79. The maximum absolute atomic E-state index is 11.7. The lowest BCUT2D eigenvalue weighted by molar-refractivity contribution is -0.139. The number of ether oxygens (including phenoxy) is 1. The zero-order valence-corrected chi connectivity index (χ0v) is 11.7. The summed E-state index contributed by atoms with van der Waals surface area (Å²) in [5.74, 6) is 3.79. The van der Waals surface area contributed by atoms with Crippen LogP contribution in [-0.4, -0.2) is 38.3 Å². The number of hydrogen-bond donors (Lipinski definition) is 2. The van der Waals surface area contributed by atoms with Crippen LogP contribution in [0.15, 0.2) is 18.2 Å². The number of nitrogens with one attached hydrogen (secondary N) is 1. The molecule has 0 bridgehead atoms. The van der Waals surface area contributed by atoms with Crippen molar-refractivity contribution in [1.82, 2.24) is 4.98 Å². The number of nitrogens with zero attached hydrogens (tertiary/aromatic N) is 1. The van der Waals surface area contributed by atoms with E-state index >= 15 is 0 Å². The summed E-state index contributed by atoms with van der Waals surface area (Å²) in [6, 6.07) is 4.66. The lowest BCUT2D eigenvalue weighted by Gasteiger charge is -2.06. The monoisotopic (exact) mass is 297 g/mol. The number of hydrogen-bond acceptors (Lipinski definition) is 6. The van der Waals surface area contributed by atoms with E-state index in [1.165, 1.54) is 6.07 Å². The van der Waals surface area contributed by atoms with Crippen molar-refractivity contribution in [3.63, 3.8) is 0 Å². The molecule has 0 aromatic carbocycles. The molecular formula is C12H15N3O4S. The maximum atomic E-state index is 11.7. The van der Waals surface area contributed by atoms with E-state index < -0.39 is 21.7 Å². The minimum Gasteiger partial charge on any atom is -0.465 e. The van der Waals surface area contributed by atoms with E-state index in [1.54, 1.807) is 19.1 Å². The highest BCUT2D eigenvalue weighted by Gasteiger charge is 2.17. The quantitative estimate of drug-likeness (QED) is 0.570. The Kier molecular flexibility index (Phi) is 5.96. The van der Waals surface area contributed by atoms with Crippen LogP contribution in [0.2, 0.25) is 0 Å². The Hall–Kier alpha value is -2.11. The maximum Gasteiger partial charge on any atom is 0.323 e. The van der Waals surface area contributed by atoms with Gasteiger partial charge in [-0.2, -0.15) is 0 Å². The normalized spacial score (nSPS) is 10.3. The van der Waals surface area contributed by atoms with Crippen LogP contribution >= 0.6 is 0 Å². The Labute approximate surface area is 117 Å². The molecule has 0 spiro atoms. The molecule has 0 aliphatic heterocycles. The first-order chi connectivity index (χ1) is 9.46. The van der Waals surface area contributed by atoms with Crippen molar-refractivity contribution in [2.45, 2.75) is 6.92 Å². The van der Waals surface area contributed by atoms with Crippen LogP contribution in [0.3, 0.4) is 0 Å². The van der Waals surface area contributed by atoms with Crippen molar-refractivity contribution < 1.29 is 17.9 Å². The molecule has 0 unspecified atom stereocenters. The van der Waals surface area contributed by atoms with Crippen molar-refractivity contribution in [3.05, 3.63) is 23.9 Å². The number of rotatable bonds is 5. The van der Waals surface area contributed by atoms with E-state index in [0.717, 1.165) is 0 Å². The fourth-order valence-electron chi connectivity index (χ4n) is 1.26. The molecule has 1 aromatic rings. The summed E-state index contributed by atoms with van der Waals surface area (Å²) in [7, 11) is -3.85. The van der Waals surface area contributed by atoms with Gasteiger partial charge in [-0.1, -0.05) is 12.0 Å². The van der Waals surface area contributed by atoms with Gasteiger partial charge in [0.2, 0.25) is 10.0 Å². The molecule has 1 rings (SSSR count). The second-order valence-corrected chi connectivity index (χ2v) is 5.30. The third kappa shape index (κ3) is 5.69. The second-order valence-electron chi connectivity index (χ2n) is 3.58. The minimum atomic E-state index is -3.85. The molecule has 0 saturated heterocycles. The van der Waals surface area contributed by atoms with Gasteiger partial charge in [-0.25, -0.2) is 13.4 Å². The summed E-state index contributed by atoms with van der Waals surface area (Å²) in [6.45, 7) is 1.90. The lowest BCUT2D eigenvalue weighted by atomic mass is 10.3. The number of aromatic nitrogens is 1. The van der Waals surface area contributed by atoms with Gasteiger partial charge in [-0.15, -0.1) is 0 Å². The van der Waals surface area contributed by atoms with E-state index in [4.69, 9.17) is 5.73 Å². The number of esters is 1. The third-order valence-corrected chi connectivity index (χ3v) is 3.08. The molecule has 1 heterocycles. The average Bonchev–Trinajstić information content (AvgIpc) is 2.35. The molecule has 0 aliphatic carbocycles. The standard InChI is InChI=1S/C12H15N3O4S/c1-2-19-12(16)9-20(17,18)15-11-7-3-5-10(14-11)6-4-8-13/h3,5,7H,2,8-9,13H2,1H3,(H,14,15). The molecule has 0 radical (unpaired) electrons. The summed E-state index contributed by atoms with van der Waals surface area (Å²) in [4.78, 5) is 15.1. The highest BCUT2D eigenvalue weighted by Crippen LogP contribution is 2.07. The topological polar surface area (TPSA) is 111 Å². The number of pyridine rings is 1. The fraction of sp³-hybridized carbons (Fsp3) is 0.333. The molecule has 0 atom stereocenters. The highest BCUT2D eigenvalue weighted by atomic mass is 32.2. The largest absolute Gasteiger partial charge is 0.465 e. The van der Waals surface area contributed by atoms with E-state index in [-0.39, 0.29) is 19.0 Å². The molecule has 20 heavy (non-hydrogen) atoms. The van der Waals surface area contributed by atoms with Crippen LogP contribution < -0.4 is 10.5 Å². The molecule has 1 aromatic heterocycles. The minimum absolute atomic E-state index is 0.0816. The SMILES string of the molecule is CCOC(=O)CS(=O)(=O)Nc1cccc(C#CCN)n1. The number of sulfonamides is 1. The van der Waals surface area contributed by atoms with Gasteiger partial charge in [-0.05, 0) is 25.0 Å². The van der Waals surface area contributed by atoms with Crippen molar-refractivity contribution >= 4 is 21.8 Å². The zero-order chi connectivity index (χ0) is 15.0. The molecule has 7 nitrogen and oxygen atoms in total. The van der Waals surface area contributed by atoms with Gasteiger partial charge >= 0.3 is 5.97 Å². The summed E-state index contributed by atoms with van der Waals surface area (Å²) in [6.07, 6.45) is 0. The average molecular weight is 297 g/mol. The van der Waals surface area contributed by atoms with Gasteiger partial charge in [0, 0.05) is 0 Å². The predicted molar refractivity (Wildman–Crippen MR) is 74.2 cm³/mol. The zero-order valence-electron chi connectivity index (χ0n) is 10.9. The van der Waals surface area contributed by atoms with Gasteiger partial charge in [-0.3, -0.25) is 9.52 Å². The molecule has 108 valence electrons.